The zero-order valence-electron chi connectivity index (χ0n) is 19.6. The van der Waals surface area contributed by atoms with Gasteiger partial charge in [0.05, 0.1) is 6.10 Å². The zero-order chi connectivity index (χ0) is 21.7. The highest BCUT2D eigenvalue weighted by Crippen LogP contribution is 2.32. The van der Waals surface area contributed by atoms with Crippen molar-refractivity contribution in [3.63, 3.8) is 0 Å². The third-order valence-electron chi connectivity index (χ3n) is 6.30. The molecule has 0 amide bonds. The summed E-state index contributed by atoms with van der Waals surface area (Å²) in [7, 11) is 1.78. The van der Waals surface area contributed by atoms with Crippen LogP contribution < -0.4 is 10.6 Å². The summed E-state index contributed by atoms with van der Waals surface area (Å²) >= 11 is 0. The number of benzene rings is 1. The minimum Gasteiger partial charge on any atom is -0.385 e. The standard InChI is InChI=1S/C25H42N4O2/c1-3-26-25(28-22-13-17-29(18-14-22)16-8-19-30-2)27-15-7-20-31-24-12-6-10-21-9-4-5-11-23(21)24/h4-5,9,11,22,24H,3,6-8,10,12-20H2,1-2H3,(H2,26,27,28). The third kappa shape index (κ3) is 8.09. The van der Waals surface area contributed by atoms with E-state index in [1.165, 1.54) is 36.8 Å². The van der Waals surface area contributed by atoms with Crippen LogP contribution in [0.25, 0.3) is 0 Å². The van der Waals surface area contributed by atoms with E-state index >= 15 is 0 Å². The summed E-state index contributed by atoms with van der Waals surface area (Å²) in [6.45, 7) is 8.86. The Hall–Kier alpha value is -1.63. The van der Waals surface area contributed by atoms with Crippen LogP contribution in [0.15, 0.2) is 29.3 Å². The number of hydrogen-bond acceptors (Lipinski definition) is 4. The highest BCUT2D eigenvalue weighted by Gasteiger charge is 2.21. The monoisotopic (exact) mass is 430 g/mol. The van der Waals surface area contributed by atoms with E-state index in [2.05, 4.69) is 46.7 Å². The molecule has 0 saturated carbocycles. The van der Waals surface area contributed by atoms with Crippen molar-refractivity contribution in [2.24, 2.45) is 4.99 Å². The van der Waals surface area contributed by atoms with Gasteiger partial charge in [0, 0.05) is 59.1 Å². The van der Waals surface area contributed by atoms with E-state index < -0.39 is 0 Å². The zero-order valence-corrected chi connectivity index (χ0v) is 19.6. The summed E-state index contributed by atoms with van der Waals surface area (Å²) in [6, 6.07) is 9.24. The van der Waals surface area contributed by atoms with Crippen molar-refractivity contribution in [3.05, 3.63) is 35.4 Å². The van der Waals surface area contributed by atoms with Gasteiger partial charge in [-0.15, -0.1) is 0 Å². The van der Waals surface area contributed by atoms with Gasteiger partial charge in [-0.05, 0) is 63.0 Å². The Bertz CT molecular complexity index is 659. The molecule has 2 N–H and O–H groups in total. The number of aryl methyl sites for hydroxylation is 1. The first kappa shape index (κ1) is 24.0. The third-order valence-corrected chi connectivity index (χ3v) is 6.30. The lowest BCUT2D eigenvalue weighted by atomic mass is 9.89. The first-order chi connectivity index (χ1) is 15.3. The van der Waals surface area contributed by atoms with E-state index in [9.17, 15) is 0 Å². The molecule has 1 aromatic carbocycles. The maximum atomic E-state index is 6.23. The number of hydrogen-bond donors (Lipinski definition) is 2. The average molecular weight is 431 g/mol. The molecule has 0 spiro atoms. The fourth-order valence-electron chi connectivity index (χ4n) is 4.61. The molecule has 1 aliphatic heterocycles. The molecule has 2 aliphatic rings. The second-order valence-electron chi connectivity index (χ2n) is 8.67. The number of guanidine groups is 1. The Kier molecular flexibility index (Phi) is 10.6. The molecule has 6 heteroatoms. The van der Waals surface area contributed by atoms with Crippen LogP contribution in [0.2, 0.25) is 0 Å². The number of piperidine rings is 1. The SMILES string of the molecule is CCNC(=NCCCOC1CCCc2ccccc21)NC1CCN(CCCOC)CC1. The van der Waals surface area contributed by atoms with Crippen LogP contribution >= 0.6 is 0 Å². The molecule has 1 aliphatic carbocycles. The summed E-state index contributed by atoms with van der Waals surface area (Å²) in [5.74, 6) is 0.948. The van der Waals surface area contributed by atoms with Gasteiger partial charge in [-0.1, -0.05) is 24.3 Å². The summed E-state index contributed by atoms with van der Waals surface area (Å²) in [6.07, 6.45) is 8.20. The molecule has 1 saturated heterocycles. The first-order valence-corrected chi connectivity index (χ1v) is 12.3. The van der Waals surface area contributed by atoms with Gasteiger partial charge in [0.2, 0.25) is 0 Å². The Balaban J connectivity index is 1.36. The van der Waals surface area contributed by atoms with Gasteiger partial charge in [0.1, 0.15) is 0 Å². The Morgan fingerprint density at radius 1 is 1.13 bits per heavy atom. The molecule has 174 valence electrons. The quantitative estimate of drug-likeness (QED) is 0.320. The van der Waals surface area contributed by atoms with Crippen LogP contribution in [0.3, 0.4) is 0 Å². The van der Waals surface area contributed by atoms with Crippen LogP contribution in [0.1, 0.15) is 62.7 Å². The Morgan fingerprint density at radius 2 is 1.97 bits per heavy atom. The van der Waals surface area contributed by atoms with Crippen molar-refractivity contribution in [2.45, 2.75) is 64.0 Å². The number of rotatable bonds is 11. The fraction of sp³-hybridized carbons (Fsp3) is 0.720. The number of nitrogens with one attached hydrogen (secondary N) is 2. The summed E-state index contributed by atoms with van der Waals surface area (Å²) in [5.41, 5.74) is 2.85. The van der Waals surface area contributed by atoms with Gasteiger partial charge in [0.25, 0.3) is 0 Å². The van der Waals surface area contributed by atoms with Crippen molar-refractivity contribution in [1.29, 1.82) is 0 Å². The topological polar surface area (TPSA) is 58.1 Å². The van der Waals surface area contributed by atoms with Gasteiger partial charge < -0.3 is 25.0 Å². The lowest BCUT2D eigenvalue weighted by Gasteiger charge is -2.33. The number of methoxy groups -OCH3 is 1. The molecular formula is C25H42N4O2. The molecule has 1 unspecified atom stereocenters. The average Bonchev–Trinajstić information content (AvgIpc) is 2.80. The predicted octanol–water partition coefficient (Wildman–Crippen LogP) is 3.53. The number of likely N-dealkylation sites (tertiary alicyclic amines) is 1. The summed E-state index contributed by atoms with van der Waals surface area (Å²) in [5, 5.41) is 7.05. The fourth-order valence-corrected chi connectivity index (χ4v) is 4.61. The molecule has 1 aromatic rings. The summed E-state index contributed by atoms with van der Waals surface area (Å²) < 4.78 is 11.4. The molecule has 3 rings (SSSR count). The van der Waals surface area contributed by atoms with E-state index in [0.29, 0.717) is 6.04 Å². The molecule has 0 aromatic heterocycles. The maximum absolute atomic E-state index is 6.23. The highest BCUT2D eigenvalue weighted by atomic mass is 16.5. The maximum Gasteiger partial charge on any atom is 0.191 e. The van der Waals surface area contributed by atoms with E-state index in [0.717, 1.165) is 71.2 Å². The Morgan fingerprint density at radius 3 is 2.77 bits per heavy atom. The predicted molar refractivity (Wildman–Crippen MR) is 128 cm³/mol. The van der Waals surface area contributed by atoms with Gasteiger partial charge in [-0.3, -0.25) is 4.99 Å². The normalized spacial score (nSPS) is 20.5. The van der Waals surface area contributed by atoms with Crippen molar-refractivity contribution in [2.75, 3.05) is 53.0 Å². The molecule has 1 fully saturated rings. The molecule has 31 heavy (non-hydrogen) atoms. The summed E-state index contributed by atoms with van der Waals surface area (Å²) in [4.78, 5) is 7.34. The highest BCUT2D eigenvalue weighted by molar-refractivity contribution is 5.80. The van der Waals surface area contributed by atoms with Gasteiger partial charge in [-0.25, -0.2) is 0 Å². The van der Waals surface area contributed by atoms with Gasteiger partial charge in [0.15, 0.2) is 5.96 Å². The van der Waals surface area contributed by atoms with Crippen LogP contribution in [0, 0.1) is 0 Å². The van der Waals surface area contributed by atoms with E-state index in [1.807, 2.05) is 0 Å². The Labute approximate surface area is 188 Å². The van der Waals surface area contributed by atoms with Crippen molar-refractivity contribution in [3.8, 4) is 0 Å². The molecule has 6 nitrogen and oxygen atoms in total. The smallest absolute Gasteiger partial charge is 0.191 e. The largest absolute Gasteiger partial charge is 0.385 e. The van der Waals surface area contributed by atoms with Crippen LogP contribution in [-0.4, -0.2) is 69.9 Å². The van der Waals surface area contributed by atoms with Crippen molar-refractivity contribution >= 4 is 5.96 Å². The second kappa shape index (κ2) is 13.7. The minimum atomic E-state index is 0.259. The molecular weight excluding hydrogens is 388 g/mol. The molecule has 1 atom stereocenters. The molecule has 0 radical (unpaired) electrons. The van der Waals surface area contributed by atoms with Gasteiger partial charge >= 0.3 is 0 Å². The van der Waals surface area contributed by atoms with Crippen LogP contribution in [0.4, 0.5) is 0 Å². The van der Waals surface area contributed by atoms with Crippen molar-refractivity contribution in [1.82, 2.24) is 15.5 Å². The van der Waals surface area contributed by atoms with Crippen LogP contribution in [-0.2, 0) is 15.9 Å². The number of nitrogens with zero attached hydrogens (tertiary/aromatic N) is 2. The number of ether oxygens (including phenoxy) is 2. The van der Waals surface area contributed by atoms with E-state index in [-0.39, 0.29) is 6.10 Å². The minimum absolute atomic E-state index is 0.259. The number of fused-ring (bicyclic) bond motifs is 1. The van der Waals surface area contributed by atoms with Crippen molar-refractivity contribution < 1.29 is 9.47 Å². The van der Waals surface area contributed by atoms with E-state index in [1.54, 1.807) is 7.11 Å². The number of aliphatic imine (C=N–C) groups is 1. The second-order valence-corrected chi connectivity index (χ2v) is 8.67. The molecule has 0 bridgehead atoms. The molecule has 1 heterocycles. The van der Waals surface area contributed by atoms with Crippen LogP contribution in [0.5, 0.6) is 0 Å². The lowest BCUT2D eigenvalue weighted by molar-refractivity contribution is 0.0402. The van der Waals surface area contributed by atoms with E-state index in [4.69, 9.17) is 14.5 Å². The first-order valence-electron chi connectivity index (χ1n) is 12.3. The lowest BCUT2D eigenvalue weighted by Crippen LogP contribution is -2.48. The van der Waals surface area contributed by atoms with Gasteiger partial charge in [-0.2, -0.15) is 0 Å².